The fourth-order valence-corrected chi connectivity index (χ4v) is 4.68. The molecule has 0 heterocycles. The van der Waals surface area contributed by atoms with Gasteiger partial charge in [0.1, 0.15) is 5.75 Å². The minimum absolute atomic E-state index is 0.0858. The Morgan fingerprint density at radius 1 is 0.706 bits per heavy atom. The van der Waals surface area contributed by atoms with E-state index in [2.05, 4.69) is 27.7 Å². The third-order valence-electron chi connectivity index (χ3n) is 7.06. The van der Waals surface area contributed by atoms with E-state index in [4.69, 9.17) is 4.74 Å². The molecule has 0 aromatic heterocycles. The molecule has 0 aliphatic heterocycles. The number of para-hydroxylation sites is 3. The average Bonchev–Trinajstić information content (AvgIpc) is 2.79. The Balaban J connectivity index is 1.96. The van der Waals surface area contributed by atoms with E-state index in [-0.39, 0.29) is 17.3 Å². The van der Waals surface area contributed by atoms with E-state index in [0.717, 1.165) is 37.7 Å². The summed E-state index contributed by atoms with van der Waals surface area (Å²) in [7, 11) is 0. The maximum atomic E-state index is 10.3. The first kappa shape index (κ1) is 28.1. The van der Waals surface area contributed by atoms with Crippen molar-refractivity contribution in [1.29, 1.82) is 0 Å². The van der Waals surface area contributed by atoms with Crippen molar-refractivity contribution in [2.24, 2.45) is 11.3 Å². The van der Waals surface area contributed by atoms with Crippen LogP contribution >= 0.6 is 0 Å². The van der Waals surface area contributed by atoms with Gasteiger partial charge in [-0.25, -0.2) is 0 Å². The Hall–Kier alpha value is -2.16. The van der Waals surface area contributed by atoms with Crippen molar-refractivity contribution in [3.63, 3.8) is 0 Å². The van der Waals surface area contributed by atoms with Crippen LogP contribution in [0.3, 0.4) is 0 Å². The number of unbranched alkanes of at least 4 members (excludes halogenated alkanes) is 7. The molecular weight excluding hydrogens is 420 g/mol. The van der Waals surface area contributed by atoms with Crippen LogP contribution in [-0.4, -0.2) is 16.3 Å². The second kappa shape index (κ2) is 15.0. The van der Waals surface area contributed by atoms with Gasteiger partial charge in [-0.1, -0.05) is 103 Å². The Bertz CT molecular complexity index is 808. The number of ether oxygens (including phenoxy) is 1. The summed E-state index contributed by atoms with van der Waals surface area (Å²) in [6.07, 6.45) is 14.3. The van der Waals surface area contributed by atoms with Gasteiger partial charge in [-0.3, -0.25) is 0 Å². The van der Waals surface area contributed by atoms with Gasteiger partial charge in [0, 0.05) is 0 Å². The van der Waals surface area contributed by atoms with Gasteiger partial charge in [-0.15, -0.1) is 0 Å². The summed E-state index contributed by atoms with van der Waals surface area (Å²) >= 11 is 0. The van der Waals surface area contributed by atoms with E-state index >= 15 is 0 Å². The van der Waals surface area contributed by atoms with Crippen LogP contribution in [0.25, 0.3) is 0 Å². The molecule has 3 heteroatoms. The second-order valence-corrected chi connectivity index (χ2v) is 10.9. The molecule has 0 saturated heterocycles. The molecule has 0 spiro atoms. The van der Waals surface area contributed by atoms with Gasteiger partial charge in [0.2, 0.25) is 0 Å². The summed E-state index contributed by atoms with van der Waals surface area (Å²) in [6.45, 7) is 9.12. The fraction of sp³-hybridized carbons (Fsp3) is 0.613. The highest BCUT2D eigenvalue weighted by Crippen LogP contribution is 2.36. The lowest BCUT2D eigenvalue weighted by Gasteiger charge is -2.32. The maximum absolute atomic E-state index is 10.3. The van der Waals surface area contributed by atoms with Crippen LogP contribution in [0.2, 0.25) is 0 Å². The van der Waals surface area contributed by atoms with E-state index in [1.54, 1.807) is 12.1 Å². The molecule has 2 atom stereocenters. The maximum Gasteiger partial charge on any atom is 0.161 e. The first-order valence-electron chi connectivity index (χ1n) is 13.5. The van der Waals surface area contributed by atoms with Crippen molar-refractivity contribution in [3.05, 3.63) is 54.1 Å². The van der Waals surface area contributed by atoms with Crippen LogP contribution in [-0.2, 0) is 6.42 Å². The number of rotatable bonds is 16. The van der Waals surface area contributed by atoms with Crippen LogP contribution in [0.1, 0.15) is 104 Å². The summed E-state index contributed by atoms with van der Waals surface area (Å²) in [4.78, 5) is 0. The van der Waals surface area contributed by atoms with Gasteiger partial charge < -0.3 is 14.9 Å². The Kier molecular flexibility index (Phi) is 12.4. The second-order valence-electron chi connectivity index (χ2n) is 10.9. The SMILES string of the molecule is CCCCCCCCCCC(CCC(Cc1ccccc1O)C(C)(C)C)Oc1ccccc1O. The van der Waals surface area contributed by atoms with Gasteiger partial charge in [-0.05, 0) is 67.2 Å². The molecule has 3 nitrogen and oxygen atoms in total. The molecule has 0 fully saturated rings. The average molecular weight is 469 g/mol. The van der Waals surface area contributed by atoms with Crippen LogP contribution < -0.4 is 4.74 Å². The van der Waals surface area contributed by atoms with Crippen LogP contribution in [0.15, 0.2) is 48.5 Å². The molecule has 0 radical (unpaired) electrons. The minimum Gasteiger partial charge on any atom is -0.508 e. The van der Waals surface area contributed by atoms with Gasteiger partial charge in [-0.2, -0.15) is 0 Å². The summed E-state index contributed by atoms with van der Waals surface area (Å²) in [5, 5.41) is 20.6. The van der Waals surface area contributed by atoms with E-state index in [9.17, 15) is 10.2 Å². The lowest BCUT2D eigenvalue weighted by molar-refractivity contribution is 0.139. The zero-order valence-corrected chi connectivity index (χ0v) is 22.1. The molecular formula is C31H48O3. The van der Waals surface area contributed by atoms with Crippen LogP contribution in [0.4, 0.5) is 0 Å². The molecule has 0 aliphatic rings. The smallest absolute Gasteiger partial charge is 0.161 e. The van der Waals surface area contributed by atoms with Gasteiger partial charge >= 0.3 is 0 Å². The normalized spacial score (nSPS) is 13.5. The van der Waals surface area contributed by atoms with E-state index < -0.39 is 0 Å². The number of hydrogen-bond donors (Lipinski definition) is 2. The molecule has 34 heavy (non-hydrogen) atoms. The van der Waals surface area contributed by atoms with Gasteiger partial charge in [0.05, 0.1) is 6.10 Å². The number of phenolic OH excluding ortho intramolecular Hbond substituents is 2. The molecule has 2 rings (SSSR count). The molecule has 0 saturated carbocycles. The van der Waals surface area contributed by atoms with Crippen molar-refractivity contribution in [3.8, 4) is 17.2 Å². The summed E-state index contributed by atoms with van der Waals surface area (Å²) in [5.41, 5.74) is 1.14. The van der Waals surface area contributed by atoms with Crippen LogP contribution in [0, 0.1) is 11.3 Å². The molecule has 0 bridgehead atoms. The molecule has 190 valence electrons. The standard InChI is InChI=1S/C31H48O3/c1-5-6-7-8-9-10-11-12-18-27(34-30-21-16-15-20-29(30)33)23-22-26(31(2,3)4)24-25-17-13-14-19-28(25)32/h13-17,19-21,26-27,32-33H,5-12,18,22-24H2,1-4H3. The predicted octanol–water partition coefficient (Wildman–Crippen LogP) is 9.06. The predicted molar refractivity (Wildman–Crippen MR) is 144 cm³/mol. The third kappa shape index (κ3) is 10.4. The third-order valence-corrected chi connectivity index (χ3v) is 7.06. The van der Waals surface area contributed by atoms with Crippen molar-refractivity contribution >= 4 is 0 Å². The van der Waals surface area contributed by atoms with Crippen molar-refractivity contribution in [2.45, 2.75) is 111 Å². The first-order chi connectivity index (χ1) is 16.3. The molecule has 2 unspecified atom stereocenters. The van der Waals surface area contributed by atoms with E-state index in [0.29, 0.717) is 17.4 Å². The number of hydrogen-bond acceptors (Lipinski definition) is 3. The van der Waals surface area contributed by atoms with Crippen LogP contribution in [0.5, 0.6) is 17.2 Å². The van der Waals surface area contributed by atoms with Gasteiger partial charge in [0.15, 0.2) is 11.5 Å². The van der Waals surface area contributed by atoms with Crippen molar-refractivity contribution in [2.75, 3.05) is 0 Å². The van der Waals surface area contributed by atoms with E-state index in [1.165, 1.54) is 44.9 Å². The summed E-state index contributed by atoms with van der Waals surface area (Å²) in [5.74, 6) is 1.61. The monoisotopic (exact) mass is 468 g/mol. The molecule has 2 aromatic carbocycles. The number of aromatic hydroxyl groups is 2. The Morgan fingerprint density at radius 3 is 1.91 bits per heavy atom. The lowest BCUT2D eigenvalue weighted by Crippen LogP contribution is -2.26. The molecule has 0 aliphatic carbocycles. The van der Waals surface area contributed by atoms with Crippen molar-refractivity contribution < 1.29 is 14.9 Å². The minimum atomic E-state index is 0.0858. The number of phenols is 2. The van der Waals surface area contributed by atoms with Crippen molar-refractivity contribution in [1.82, 2.24) is 0 Å². The largest absolute Gasteiger partial charge is 0.508 e. The lowest BCUT2D eigenvalue weighted by atomic mass is 9.74. The number of benzene rings is 2. The molecule has 2 aromatic rings. The highest BCUT2D eigenvalue weighted by Gasteiger charge is 2.27. The quantitative estimate of drug-likeness (QED) is 0.242. The topological polar surface area (TPSA) is 49.7 Å². The Morgan fingerprint density at radius 2 is 1.29 bits per heavy atom. The fourth-order valence-electron chi connectivity index (χ4n) is 4.68. The van der Waals surface area contributed by atoms with Gasteiger partial charge in [0.25, 0.3) is 0 Å². The zero-order valence-electron chi connectivity index (χ0n) is 22.1. The highest BCUT2D eigenvalue weighted by molar-refractivity contribution is 5.38. The highest BCUT2D eigenvalue weighted by atomic mass is 16.5. The first-order valence-corrected chi connectivity index (χ1v) is 13.5. The molecule has 2 N–H and O–H groups in total. The zero-order chi connectivity index (χ0) is 24.8. The van der Waals surface area contributed by atoms with E-state index in [1.807, 2.05) is 36.4 Å². The molecule has 0 amide bonds. The summed E-state index contributed by atoms with van der Waals surface area (Å²) < 4.78 is 6.34. The summed E-state index contributed by atoms with van der Waals surface area (Å²) in [6, 6.07) is 15.0. The Labute approximate surface area is 208 Å².